The van der Waals surface area contributed by atoms with Gasteiger partial charge in [-0.2, -0.15) is 0 Å². The van der Waals surface area contributed by atoms with Crippen LogP contribution in [-0.2, 0) is 13.1 Å². The molecular weight excluding hydrogens is 331 g/mol. The molecule has 2 aromatic carbocycles. The van der Waals surface area contributed by atoms with Gasteiger partial charge in [-0.1, -0.05) is 42.5 Å². The molecule has 1 heterocycles. The molecule has 0 fully saturated rings. The summed E-state index contributed by atoms with van der Waals surface area (Å²) in [5.41, 5.74) is 2.25. The molecule has 0 atom stereocenters. The van der Waals surface area contributed by atoms with E-state index in [4.69, 9.17) is 0 Å². The second-order valence-electron chi connectivity index (χ2n) is 5.91. The van der Waals surface area contributed by atoms with Gasteiger partial charge in [-0.15, -0.1) is 0 Å². The van der Waals surface area contributed by atoms with Crippen LogP contribution in [0, 0.1) is 5.82 Å². The number of rotatable bonds is 6. The number of carbonyl (C=O) groups excluding carboxylic acids is 1. The number of nitrogens with one attached hydrogen (secondary N) is 1. The van der Waals surface area contributed by atoms with Crippen LogP contribution in [0.25, 0.3) is 0 Å². The smallest absolute Gasteiger partial charge is 0.270 e. The van der Waals surface area contributed by atoms with E-state index in [-0.39, 0.29) is 17.4 Å². The Morgan fingerprint density at radius 2 is 1.77 bits per heavy atom. The summed E-state index contributed by atoms with van der Waals surface area (Å²) in [5, 5.41) is 2.78. The van der Waals surface area contributed by atoms with Crippen molar-refractivity contribution in [3.05, 3.63) is 89.6 Å². The summed E-state index contributed by atoms with van der Waals surface area (Å²) in [6.45, 7) is 0.979. The number of amides is 1. The minimum Gasteiger partial charge on any atom is -0.355 e. The molecule has 3 aromatic rings. The number of carbonyl (C=O) groups is 1. The molecule has 1 amide bonds. The van der Waals surface area contributed by atoms with Crippen molar-refractivity contribution in [2.45, 2.75) is 13.1 Å². The summed E-state index contributed by atoms with van der Waals surface area (Å²) in [5.74, 6) is 0.0591. The van der Waals surface area contributed by atoms with E-state index in [0.29, 0.717) is 18.9 Å². The van der Waals surface area contributed by atoms with Crippen molar-refractivity contribution < 1.29 is 9.18 Å². The maximum absolute atomic E-state index is 12.9. The predicted molar refractivity (Wildman–Crippen MR) is 98.2 cm³/mol. The highest BCUT2D eigenvalue weighted by Gasteiger charge is 2.11. The van der Waals surface area contributed by atoms with Gasteiger partial charge < -0.3 is 10.2 Å². The van der Waals surface area contributed by atoms with Crippen LogP contribution in [0.2, 0.25) is 0 Å². The Morgan fingerprint density at radius 3 is 2.50 bits per heavy atom. The second-order valence-corrected chi connectivity index (χ2v) is 5.91. The summed E-state index contributed by atoms with van der Waals surface area (Å²) >= 11 is 0. The van der Waals surface area contributed by atoms with Crippen LogP contribution in [-0.4, -0.2) is 22.9 Å². The van der Waals surface area contributed by atoms with Crippen LogP contribution in [0.15, 0.2) is 67.0 Å². The summed E-state index contributed by atoms with van der Waals surface area (Å²) < 4.78 is 12.9. The number of aromatic nitrogens is 2. The van der Waals surface area contributed by atoms with E-state index in [0.717, 1.165) is 11.1 Å². The molecule has 132 valence electrons. The van der Waals surface area contributed by atoms with Crippen molar-refractivity contribution in [2.24, 2.45) is 0 Å². The van der Waals surface area contributed by atoms with Gasteiger partial charge >= 0.3 is 0 Å². The Morgan fingerprint density at radius 1 is 1.04 bits per heavy atom. The van der Waals surface area contributed by atoms with E-state index < -0.39 is 0 Å². The van der Waals surface area contributed by atoms with Crippen LogP contribution >= 0.6 is 0 Å². The fourth-order valence-corrected chi connectivity index (χ4v) is 2.49. The quantitative estimate of drug-likeness (QED) is 0.742. The molecule has 6 heteroatoms. The zero-order chi connectivity index (χ0) is 18.4. The molecule has 0 aliphatic heterocycles. The first kappa shape index (κ1) is 17.5. The van der Waals surface area contributed by atoms with Crippen molar-refractivity contribution in [1.29, 1.82) is 0 Å². The summed E-state index contributed by atoms with van der Waals surface area (Å²) in [6, 6.07) is 17.7. The summed E-state index contributed by atoms with van der Waals surface area (Å²) in [7, 11) is 1.91. The monoisotopic (exact) mass is 350 g/mol. The number of halogens is 1. The predicted octanol–water partition coefficient (Wildman–Crippen LogP) is 3.18. The van der Waals surface area contributed by atoms with Gasteiger partial charge in [0.2, 0.25) is 0 Å². The third-order valence-corrected chi connectivity index (χ3v) is 3.91. The molecule has 0 spiro atoms. The van der Waals surface area contributed by atoms with Crippen molar-refractivity contribution >= 4 is 11.7 Å². The molecular formula is C20H19FN4O. The van der Waals surface area contributed by atoms with Crippen molar-refractivity contribution in [3.63, 3.8) is 0 Å². The fourth-order valence-electron chi connectivity index (χ4n) is 2.49. The van der Waals surface area contributed by atoms with Crippen molar-refractivity contribution in [3.8, 4) is 0 Å². The largest absolute Gasteiger partial charge is 0.355 e. The third kappa shape index (κ3) is 4.63. The maximum atomic E-state index is 12.9. The third-order valence-electron chi connectivity index (χ3n) is 3.91. The fraction of sp³-hybridized carbons (Fsp3) is 0.150. The molecule has 0 bridgehead atoms. The number of hydrogen-bond acceptors (Lipinski definition) is 4. The average Bonchev–Trinajstić information content (AvgIpc) is 2.68. The number of anilines is 1. The zero-order valence-corrected chi connectivity index (χ0v) is 14.4. The molecule has 3 rings (SSSR count). The van der Waals surface area contributed by atoms with E-state index in [9.17, 15) is 9.18 Å². The summed E-state index contributed by atoms with van der Waals surface area (Å²) in [4.78, 5) is 22.6. The van der Waals surface area contributed by atoms with Gasteiger partial charge in [-0.05, 0) is 23.3 Å². The molecule has 0 radical (unpaired) electrons. The van der Waals surface area contributed by atoms with Gasteiger partial charge in [0.05, 0.1) is 0 Å². The first-order valence-electron chi connectivity index (χ1n) is 8.21. The number of nitrogens with zero attached hydrogens (tertiary/aromatic N) is 3. The lowest BCUT2D eigenvalue weighted by atomic mass is 10.2. The Kier molecular flexibility index (Phi) is 5.53. The van der Waals surface area contributed by atoms with Gasteiger partial charge in [0.25, 0.3) is 5.91 Å². The van der Waals surface area contributed by atoms with Gasteiger partial charge in [0, 0.05) is 26.2 Å². The Labute approximate surface area is 151 Å². The highest BCUT2D eigenvalue weighted by Crippen LogP contribution is 2.13. The molecule has 0 aliphatic rings. The zero-order valence-electron chi connectivity index (χ0n) is 14.4. The molecule has 26 heavy (non-hydrogen) atoms. The Bertz CT molecular complexity index is 868. The molecule has 0 saturated carbocycles. The molecule has 1 N–H and O–H groups in total. The average molecular weight is 350 g/mol. The van der Waals surface area contributed by atoms with Crippen LogP contribution in [0.3, 0.4) is 0 Å². The first-order chi connectivity index (χ1) is 12.6. The van der Waals surface area contributed by atoms with Gasteiger partial charge in [0.15, 0.2) is 0 Å². The minimum absolute atomic E-state index is 0.289. The van der Waals surface area contributed by atoms with Gasteiger partial charge in [-0.25, -0.2) is 14.4 Å². The lowest BCUT2D eigenvalue weighted by Gasteiger charge is -2.18. The van der Waals surface area contributed by atoms with Gasteiger partial charge in [-0.3, -0.25) is 4.79 Å². The van der Waals surface area contributed by atoms with Crippen LogP contribution < -0.4 is 10.2 Å². The molecule has 0 unspecified atom stereocenters. The lowest BCUT2D eigenvalue weighted by Crippen LogP contribution is -2.25. The minimum atomic E-state index is -0.304. The molecule has 0 saturated heterocycles. The highest BCUT2D eigenvalue weighted by molar-refractivity contribution is 5.92. The SMILES string of the molecule is CN(Cc1ccccc1)c1cc(C(=O)NCc2ccc(F)cc2)ncn1. The van der Waals surface area contributed by atoms with E-state index in [1.165, 1.54) is 18.5 Å². The molecule has 5 nitrogen and oxygen atoms in total. The molecule has 0 aliphatic carbocycles. The maximum Gasteiger partial charge on any atom is 0.270 e. The number of benzene rings is 2. The first-order valence-corrected chi connectivity index (χ1v) is 8.21. The van der Waals surface area contributed by atoms with Crippen molar-refractivity contribution in [2.75, 3.05) is 11.9 Å². The lowest BCUT2D eigenvalue weighted by molar-refractivity contribution is 0.0946. The Balaban J connectivity index is 1.64. The van der Waals surface area contributed by atoms with Crippen LogP contribution in [0.1, 0.15) is 21.6 Å². The van der Waals surface area contributed by atoms with Crippen LogP contribution in [0.4, 0.5) is 10.2 Å². The number of hydrogen-bond donors (Lipinski definition) is 1. The summed E-state index contributed by atoms with van der Waals surface area (Å²) in [6.07, 6.45) is 1.38. The standard InChI is InChI=1S/C20H19FN4O/c1-25(13-16-5-3-2-4-6-16)19-11-18(23-14-24-19)20(26)22-12-15-7-9-17(21)10-8-15/h2-11,14H,12-13H2,1H3,(H,22,26). The second kappa shape index (κ2) is 8.20. The Hall–Kier alpha value is -3.28. The van der Waals surface area contributed by atoms with E-state index >= 15 is 0 Å². The highest BCUT2D eigenvalue weighted by atomic mass is 19.1. The van der Waals surface area contributed by atoms with Gasteiger partial charge in [0.1, 0.15) is 23.7 Å². The van der Waals surface area contributed by atoms with Crippen molar-refractivity contribution in [1.82, 2.24) is 15.3 Å². The normalized spacial score (nSPS) is 10.4. The molecule has 1 aromatic heterocycles. The van der Waals surface area contributed by atoms with E-state index in [2.05, 4.69) is 15.3 Å². The van der Waals surface area contributed by atoms with E-state index in [1.54, 1.807) is 18.2 Å². The topological polar surface area (TPSA) is 58.1 Å². The van der Waals surface area contributed by atoms with Crippen LogP contribution in [0.5, 0.6) is 0 Å². The van der Waals surface area contributed by atoms with E-state index in [1.807, 2.05) is 42.3 Å².